The molecule has 0 atom stereocenters. The molecule has 2 rings (SSSR count). The second-order valence-corrected chi connectivity index (χ2v) is 2.63. The molecule has 0 radical (unpaired) electrons. The van der Waals surface area contributed by atoms with E-state index in [-0.39, 0.29) is 6.03 Å². The van der Waals surface area contributed by atoms with Crippen molar-refractivity contribution >= 4 is 24.0 Å². The molecule has 2 aliphatic heterocycles. The first-order valence-corrected chi connectivity index (χ1v) is 3.60. The SMILES string of the molecule is O=C1N=CC2=CSCN12. The summed E-state index contributed by atoms with van der Waals surface area (Å²) in [5.41, 5.74) is 0.935. The Labute approximate surface area is 56.4 Å². The molecular formula is C5H4N2OS. The average molecular weight is 140 g/mol. The fourth-order valence-corrected chi connectivity index (χ4v) is 1.63. The number of carbonyl (C=O) groups is 1. The predicted molar refractivity (Wildman–Crippen MR) is 36.3 cm³/mol. The van der Waals surface area contributed by atoms with Gasteiger partial charge in [0.2, 0.25) is 0 Å². The van der Waals surface area contributed by atoms with Crippen LogP contribution >= 0.6 is 11.8 Å². The van der Waals surface area contributed by atoms with E-state index in [4.69, 9.17) is 0 Å². The van der Waals surface area contributed by atoms with Crippen LogP contribution in [-0.2, 0) is 0 Å². The van der Waals surface area contributed by atoms with Crippen molar-refractivity contribution in [3.8, 4) is 0 Å². The first-order valence-electron chi connectivity index (χ1n) is 2.55. The molecule has 0 unspecified atom stereocenters. The van der Waals surface area contributed by atoms with E-state index in [2.05, 4.69) is 4.99 Å². The molecule has 3 nitrogen and oxygen atoms in total. The number of amides is 2. The number of hydrogen-bond acceptors (Lipinski definition) is 2. The van der Waals surface area contributed by atoms with Gasteiger partial charge in [-0.1, -0.05) is 0 Å². The van der Waals surface area contributed by atoms with E-state index in [1.54, 1.807) is 22.9 Å². The minimum absolute atomic E-state index is 0.133. The van der Waals surface area contributed by atoms with Crippen molar-refractivity contribution in [2.45, 2.75) is 0 Å². The van der Waals surface area contributed by atoms with Crippen LogP contribution in [0.1, 0.15) is 0 Å². The van der Waals surface area contributed by atoms with Gasteiger partial charge in [-0.2, -0.15) is 4.99 Å². The Kier molecular flexibility index (Phi) is 0.900. The summed E-state index contributed by atoms with van der Waals surface area (Å²) in [7, 11) is 0. The zero-order valence-corrected chi connectivity index (χ0v) is 5.39. The molecule has 0 aromatic rings. The maximum absolute atomic E-state index is 10.7. The summed E-state index contributed by atoms with van der Waals surface area (Å²) < 4.78 is 0. The first kappa shape index (κ1) is 5.05. The molecular weight excluding hydrogens is 136 g/mol. The van der Waals surface area contributed by atoms with Crippen LogP contribution in [-0.4, -0.2) is 23.0 Å². The molecule has 0 aromatic heterocycles. The summed E-state index contributed by atoms with van der Waals surface area (Å²) in [6.45, 7) is 0. The lowest BCUT2D eigenvalue weighted by atomic mass is 10.5. The summed E-state index contributed by atoms with van der Waals surface area (Å²) in [4.78, 5) is 16.0. The maximum atomic E-state index is 10.7. The molecule has 0 spiro atoms. The van der Waals surface area contributed by atoms with Gasteiger partial charge in [0.25, 0.3) is 0 Å². The molecule has 0 bridgehead atoms. The smallest absolute Gasteiger partial charge is 0.280 e. The minimum Gasteiger partial charge on any atom is -0.280 e. The van der Waals surface area contributed by atoms with Gasteiger partial charge in [0.15, 0.2) is 0 Å². The fourth-order valence-electron chi connectivity index (χ4n) is 0.792. The summed E-state index contributed by atoms with van der Waals surface area (Å²) in [6.07, 6.45) is 1.60. The summed E-state index contributed by atoms with van der Waals surface area (Å²) >= 11 is 1.62. The van der Waals surface area contributed by atoms with Crippen LogP contribution in [0.25, 0.3) is 0 Å². The van der Waals surface area contributed by atoms with Crippen LogP contribution in [0.5, 0.6) is 0 Å². The molecule has 0 saturated heterocycles. The zero-order valence-electron chi connectivity index (χ0n) is 4.57. The Bertz CT molecular complexity index is 218. The van der Waals surface area contributed by atoms with Gasteiger partial charge in [-0.15, -0.1) is 11.8 Å². The van der Waals surface area contributed by atoms with Crippen LogP contribution in [0, 0.1) is 0 Å². The molecule has 0 aromatic carbocycles. The van der Waals surface area contributed by atoms with E-state index in [9.17, 15) is 4.79 Å². The molecule has 0 saturated carbocycles. The molecule has 0 aliphatic carbocycles. The van der Waals surface area contributed by atoms with E-state index in [1.807, 2.05) is 5.41 Å². The highest BCUT2D eigenvalue weighted by atomic mass is 32.2. The predicted octanol–water partition coefficient (Wildman–Crippen LogP) is 1.04. The van der Waals surface area contributed by atoms with E-state index >= 15 is 0 Å². The van der Waals surface area contributed by atoms with Crippen molar-refractivity contribution in [2.75, 3.05) is 5.88 Å². The summed E-state index contributed by atoms with van der Waals surface area (Å²) in [5, 5.41) is 1.94. The minimum atomic E-state index is -0.133. The Hall–Kier alpha value is -0.770. The van der Waals surface area contributed by atoms with Gasteiger partial charge in [-0.3, -0.25) is 4.90 Å². The number of thioether (sulfide) groups is 1. The fraction of sp³-hybridized carbons (Fsp3) is 0.200. The number of rotatable bonds is 0. The second kappa shape index (κ2) is 1.60. The van der Waals surface area contributed by atoms with Crippen LogP contribution < -0.4 is 0 Å². The van der Waals surface area contributed by atoms with Crippen LogP contribution in [0.3, 0.4) is 0 Å². The number of nitrogens with zero attached hydrogens (tertiary/aromatic N) is 2. The molecule has 2 heterocycles. The van der Waals surface area contributed by atoms with E-state index in [0.717, 1.165) is 11.6 Å². The van der Waals surface area contributed by atoms with E-state index < -0.39 is 0 Å². The molecule has 0 fully saturated rings. The topological polar surface area (TPSA) is 32.7 Å². The monoisotopic (exact) mass is 140 g/mol. The third-order valence-corrected chi connectivity index (χ3v) is 2.07. The average Bonchev–Trinajstić information content (AvgIpc) is 2.35. The Morgan fingerprint density at radius 1 is 1.78 bits per heavy atom. The van der Waals surface area contributed by atoms with E-state index in [1.165, 1.54) is 0 Å². The number of hydrogen-bond donors (Lipinski definition) is 0. The number of aliphatic imine (C=N–C) groups is 1. The first-order chi connectivity index (χ1) is 4.38. The van der Waals surface area contributed by atoms with Crippen molar-refractivity contribution in [3.05, 3.63) is 11.1 Å². The number of carbonyl (C=O) groups excluding carboxylic acids is 1. The summed E-state index contributed by atoms with van der Waals surface area (Å²) in [6, 6.07) is -0.133. The highest BCUT2D eigenvalue weighted by Gasteiger charge is 2.24. The highest BCUT2D eigenvalue weighted by molar-refractivity contribution is 8.02. The molecule has 2 aliphatic rings. The van der Waals surface area contributed by atoms with Gasteiger partial charge in [0, 0.05) is 0 Å². The third kappa shape index (κ3) is 0.595. The third-order valence-electron chi connectivity index (χ3n) is 1.26. The molecule has 4 heteroatoms. The molecule has 2 amide bonds. The molecule has 0 N–H and O–H groups in total. The van der Waals surface area contributed by atoms with Crippen molar-refractivity contribution in [3.63, 3.8) is 0 Å². The van der Waals surface area contributed by atoms with Gasteiger partial charge in [-0.05, 0) is 5.41 Å². The van der Waals surface area contributed by atoms with Crippen molar-refractivity contribution in [2.24, 2.45) is 4.99 Å². The Morgan fingerprint density at radius 3 is 3.44 bits per heavy atom. The van der Waals surface area contributed by atoms with Crippen LogP contribution in [0.2, 0.25) is 0 Å². The maximum Gasteiger partial charge on any atom is 0.348 e. The lowest BCUT2D eigenvalue weighted by molar-refractivity contribution is 0.232. The van der Waals surface area contributed by atoms with Crippen LogP contribution in [0.4, 0.5) is 4.79 Å². The van der Waals surface area contributed by atoms with Gasteiger partial charge >= 0.3 is 6.03 Å². The number of urea groups is 1. The highest BCUT2D eigenvalue weighted by Crippen LogP contribution is 2.25. The van der Waals surface area contributed by atoms with Gasteiger partial charge < -0.3 is 0 Å². The van der Waals surface area contributed by atoms with Crippen LogP contribution in [0.15, 0.2) is 16.1 Å². The second-order valence-electron chi connectivity index (χ2n) is 1.81. The standard InChI is InChI=1S/C5H4N2OS/c8-5-6-1-4-2-9-3-7(4)5/h1-2H,3H2. The number of allylic oxidation sites excluding steroid dienone is 1. The Morgan fingerprint density at radius 2 is 2.67 bits per heavy atom. The lowest BCUT2D eigenvalue weighted by Gasteiger charge is -2.05. The largest absolute Gasteiger partial charge is 0.348 e. The quantitative estimate of drug-likeness (QED) is 0.503. The van der Waals surface area contributed by atoms with Crippen molar-refractivity contribution < 1.29 is 4.79 Å². The molecule has 9 heavy (non-hydrogen) atoms. The Balaban J connectivity index is 2.39. The molecule has 46 valence electrons. The number of fused-ring (bicyclic) bond motifs is 1. The van der Waals surface area contributed by atoms with Gasteiger partial charge in [0.1, 0.15) is 0 Å². The van der Waals surface area contributed by atoms with E-state index in [0.29, 0.717) is 0 Å². The van der Waals surface area contributed by atoms with Gasteiger partial charge in [0.05, 0.1) is 17.8 Å². The summed E-state index contributed by atoms with van der Waals surface area (Å²) in [5.74, 6) is 0.730. The zero-order chi connectivity index (χ0) is 6.27. The van der Waals surface area contributed by atoms with Gasteiger partial charge in [-0.25, -0.2) is 4.79 Å². The van der Waals surface area contributed by atoms with Crippen molar-refractivity contribution in [1.29, 1.82) is 0 Å². The van der Waals surface area contributed by atoms with Crippen molar-refractivity contribution in [1.82, 2.24) is 4.90 Å². The lowest BCUT2D eigenvalue weighted by Crippen LogP contribution is -2.18. The normalized spacial score (nSPS) is 22.9.